The molecule has 3 aromatic rings. The Bertz CT molecular complexity index is 1060. The van der Waals surface area contributed by atoms with E-state index in [1.54, 1.807) is 48.5 Å². The standard InChI is InChI=1S/C19H10Cl2N2O3/c20-14-3-1-2-12(8-14)13(11-22)9-16-5-7-19(26-16)17-6-4-15(21)10-18(17)23(24)25/h1-10H/b13-9-. The first-order chi connectivity index (χ1) is 12.5. The minimum atomic E-state index is -0.522. The van der Waals surface area contributed by atoms with Crippen molar-refractivity contribution in [2.75, 3.05) is 0 Å². The maximum absolute atomic E-state index is 11.2. The summed E-state index contributed by atoms with van der Waals surface area (Å²) in [5.74, 6) is 0.698. The molecule has 0 radical (unpaired) electrons. The van der Waals surface area contributed by atoms with Gasteiger partial charge in [0.2, 0.25) is 0 Å². The largest absolute Gasteiger partial charge is 0.456 e. The van der Waals surface area contributed by atoms with Gasteiger partial charge in [0.05, 0.1) is 22.1 Å². The lowest BCUT2D eigenvalue weighted by Crippen LogP contribution is -1.91. The molecule has 0 amide bonds. The average Bonchev–Trinajstić information content (AvgIpc) is 3.08. The molecule has 128 valence electrons. The number of furan rings is 1. The number of hydrogen-bond acceptors (Lipinski definition) is 4. The number of rotatable bonds is 4. The molecule has 0 saturated heterocycles. The fraction of sp³-hybridized carbons (Fsp3) is 0. The van der Waals surface area contributed by atoms with Crippen LogP contribution in [0.4, 0.5) is 5.69 Å². The summed E-state index contributed by atoms with van der Waals surface area (Å²) in [5, 5.41) is 21.4. The highest BCUT2D eigenvalue weighted by atomic mass is 35.5. The third-order valence-corrected chi connectivity index (χ3v) is 4.06. The molecule has 0 saturated carbocycles. The number of nitriles is 1. The van der Waals surface area contributed by atoms with Gasteiger partial charge in [-0.05, 0) is 48.0 Å². The number of allylic oxidation sites excluding steroid dienone is 1. The highest BCUT2D eigenvalue weighted by molar-refractivity contribution is 6.31. The molecule has 0 N–H and O–H groups in total. The van der Waals surface area contributed by atoms with Crippen molar-refractivity contribution in [3.05, 3.63) is 86.1 Å². The zero-order valence-electron chi connectivity index (χ0n) is 13.1. The molecule has 0 bridgehead atoms. The molecule has 0 aliphatic rings. The van der Waals surface area contributed by atoms with Crippen molar-refractivity contribution < 1.29 is 9.34 Å². The molecule has 26 heavy (non-hydrogen) atoms. The molecule has 2 aromatic carbocycles. The van der Waals surface area contributed by atoms with E-state index in [0.29, 0.717) is 33.2 Å². The molecule has 7 heteroatoms. The maximum Gasteiger partial charge on any atom is 0.281 e. The van der Waals surface area contributed by atoms with Gasteiger partial charge in [-0.15, -0.1) is 0 Å². The van der Waals surface area contributed by atoms with Crippen LogP contribution in [0.15, 0.2) is 59.0 Å². The second kappa shape index (κ2) is 7.44. The molecular formula is C19H10Cl2N2O3. The Morgan fingerprint density at radius 2 is 1.88 bits per heavy atom. The molecule has 3 rings (SSSR count). The van der Waals surface area contributed by atoms with Crippen molar-refractivity contribution in [2.24, 2.45) is 0 Å². The molecule has 0 aliphatic carbocycles. The van der Waals surface area contributed by atoms with Gasteiger partial charge in [-0.25, -0.2) is 0 Å². The van der Waals surface area contributed by atoms with Crippen molar-refractivity contribution in [2.45, 2.75) is 0 Å². The number of nitro benzene ring substituents is 1. The van der Waals surface area contributed by atoms with Gasteiger partial charge < -0.3 is 4.42 Å². The van der Waals surface area contributed by atoms with Crippen LogP contribution < -0.4 is 0 Å². The van der Waals surface area contributed by atoms with Gasteiger partial charge in [0.25, 0.3) is 5.69 Å². The maximum atomic E-state index is 11.2. The van der Waals surface area contributed by atoms with Crippen molar-refractivity contribution in [3.63, 3.8) is 0 Å². The summed E-state index contributed by atoms with van der Waals surface area (Å²) < 4.78 is 5.68. The minimum absolute atomic E-state index is 0.155. The van der Waals surface area contributed by atoms with Crippen LogP contribution >= 0.6 is 23.2 Å². The van der Waals surface area contributed by atoms with E-state index in [1.165, 1.54) is 12.1 Å². The van der Waals surface area contributed by atoms with Crippen LogP contribution in [0.25, 0.3) is 23.0 Å². The van der Waals surface area contributed by atoms with Gasteiger partial charge in [0.15, 0.2) is 0 Å². The van der Waals surface area contributed by atoms with E-state index in [0.717, 1.165) is 0 Å². The van der Waals surface area contributed by atoms with Gasteiger partial charge in [0.1, 0.15) is 11.5 Å². The molecule has 0 aliphatic heterocycles. The number of hydrogen-bond donors (Lipinski definition) is 0. The topological polar surface area (TPSA) is 80.1 Å². The highest BCUT2D eigenvalue weighted by Crippen LogP contribution is 2.34. The fourth-order valence-electron chi connectivity index (χ4n) is 2.42. The van der Waals surface area contributed by atoms with Crippen molar-refractivity contribution in [3.8, 4) is 17.4 Å². The first kappa shape index (κ1) is 17.7. The number of benzene rings is 2. The van der Waals surface area contributed by atoms with Crippen molar-refractivity contribution in [1.29, 1.82) is 5.26 Å². The van der Waals surface area contributed by atoms with Crippen LogP contribution in [0, 0.1) is 21.4 Å². The third kappa shape index (κ3) is 3.77. The van der Waals surface area contributed by atoms with Crippen LogP contribution in [0.3, 0.4) is 0 Å². The molecule has 5 nitrogen and oxygen atoms in total. The lowest BCUT2D eigenvalue weighted by atomic mass is 10.1. The summed E-state index contributed by atoms with van der Waals surface area (Å²) in [7, 11) is 0. The van der Waals surface area contributed by atoms with Crippen LogP contribution in [0.1, 0.15) is 11.3 Å². The summed E-state index contributed by atoms with van der Waals surface area (Å²) >= 11 is 11.8. The van der Waals surface area contributed by atoms with Gasteiger partial charge in [0, 0.05) is 16.1 Å². The minimum Gasteiger partial charge on any atom is -0.456 e. The van der Waals surface area contributed by atoms with E-state index < -0.39 is 4.92 Å². The van der Waals surface area contributed by atoms with Gasteiger partial charge in [-0.2, -0.15) is 5.26 Å². The zero-order valence-corrected chi connectivity index (χ0v) is 14.7. The zero-order chi connectivity index (χ0) is 18.7. The summed E-state index contributed by atoms with van der Waals surface area (Å²) in [5.41, 5.74) is 1.16. The highest BCUT2D eigenvalue weighted by Gasteiger charge is 2.18. The lowest BCUT2D eigenvalue weighted by Gasteiger charge is -2.01. The Labute approximate surface area is 158 Å². The normalized spacial score (nSPS) is 11.2. The third-order valence-electron chi connectivity index (χ3n) is 3.59. The van der Waals surface area contributed by atoms with Crippen LogP contribution in [0.5, 0.6) is 0 Å². The van der Waals surface area contributed by atoms with E-state index in [9.17, 15) is 15.4 Å². The van der Waals surface area contributed by atoms with E-state index in [-0.39, 0.29) is 10.7 Å². The Balaban J connectivity index is 2.01. The van der Waals surface area contributed by atoms with E-state index >= 15 is 0 Å². The van der Waals surface area contributed by atoms with E-state index in [2.05, 4.69) is 6.07 Å². The van der Waals surface area contributed by atoms with Crippen molar-refractivity contribution in [1.82, 2.24) is 0 Å². The summed E-state index contributed by atoms with van der Waals surface area (Å²) in [4.78, 5) is 10.7. The predicted molar refractivity (Wildman–Crippen MR) is 101 cm³/mol. The second-order valence-electron chi connectivity index (χ2n) is 5.30. The predicted octanol–water partition coefficient (Wildman–Crippen LogP) is 6.23. The smallest absolute Gasteiger partial charge is 0.281 e. The van der Waals surface area contributed by atoms with E-state index in [4.69, 9.17) is 27.6 Å². The molecule has 0 atom stereocenters. The Hall–Kier alpha value is -3.07. The van der Waals surface area contributed by atoms with Crippen LogP contribution in [-0.4, -0.2) is 4.92 Å². The fourth-order valence-corrected chi connectivity index (χ4v) is 2.77. The molecule has 0 spiro atoms. The second-order valence-corrected chi connectivity index (χ2v) is 6.17. The van der Waals surface area contributed by atoms with Gasteiger partial charge in [-0.3, -0.25) is 10.1 Å². The summed E-state index contributed by atoms with van der Waals surface area (Å²) in [6.45, 7) is 0. The Morgan fingerprint density at radius 1 is 1.12 bits per heavy atom. The molecule has 0 unspecified atom stereocenters. The monoisotopic (exact) mass is 384 g/mol. The quantitative estimate of drug-likeness (QED) is 0.303. The number of nitrogens with zero attached hydrogens (tertiary/aromatic N) is 2. The summed E-state index contributed by atoms with van der Waals surface area (Å²) in [6, 6.07) is 16.6. The van der Waals surface area contributed by atoms with Gasteiger partial charge >= 0.3 is 0 Å². The SMILES string of the molecule is N#C/C(=C/c1ccc(-c2ccc(Cl)cc2[N+](=O)[O-])o1)c1cccc(Cl)c1. The molecule has 1 heterocycles. The van der Waals surface area contributed by atoms with Crippen LogP contribution in [0.2, 0.25) is 10.0 Å². The first-order valence-corrected chi connectivity index (χ1v) is 8.15. The first-order valence-electron chi connectivity index (χ1n) is 7.40. The van der Waals surface area contributed by atoms with Crippen LogP contribution in [-0.2, 0) is 0 Å². The number of halogens is 2. The molecular weight excluding hydrogens is 375 g/mol. The van der Waals surface area contributed by atoms with Crippen molar-refractivity contribution >= 4 is 40.5 Å². The Morgan fingerprint density at radius 3 is 2.58 bits per heavy atom. The average molecular weight is 385 g/mol. The summed E-state index contributed by atoms with van der Waals surface area (Å²) in [6.07, 6.45) is 1.55. The van der Waals surface area contributed by atoms with E-state index in [1.807, 2.05) is 0 Å². The van der Waals surface area contributed by atoms with Gasteiger partial charge in [-0.1, -0.05) is 35.3 Å². The lowest BCUT2D eigenvalue weighted by molar-refractivity contribution is -0.384. The Kier molecular flexibility index (Phi) is 5.08. The molecule has 0 fully saturated rings. The molecule has 1 aromatic heterocycles. The number of nitro groups is 1.